The molecular formula is C25H18BrNO2. The summed E-state index contributed by atoms with van der Waals surface area (Å²) in [6.45, 7) is 1.95. The molecule has 0 radical (unpaired) electrons. The topological polar surface area (TPSA) is 37.4 Å². The standard InChI is InChI=1S/C25H18BrNO2/c1-13-12-14(26)10-11-19(13)27-24(28)22-20-15-6-2-3-7-16(15)21(23(22)25(27)29)18-9-5-4-8-17(18)20/h2-12,20-23H,1H3/t20?,21?,22-,23+. The second-order valence-electron chi connectivity index (χ2n) is 8.21. The molecule has 4 aliphatic rings. The first-order valence-electron chi connectivity index (χ1n) is 9.89. The van der Waals surface area contributed by atoms with Gasteiger partial charge in [0.05, 0.1) is 17.5 Å². The van der Waals surface area contributed by atoms with Crippen molar-refractivity contribution in [3.63, 3.8) is 0 Å². The van der Waals surface area contributed by atoms with Crippen molar-refractivity contribution in [2.24, 2.45) is 11.8 Å². The smallest absolute Gasteiger partial charge is 0.238 e. The van der Waals surface area contributed by atoms with Gasteiger partial charge in [0.25, 0.3) is 0 Å². The molecule has 1 aliphatic heterocycles. The number of imide groups is 1. The summed E-state index contributed by atoms with van der Waals surface area (Å²) in [5, 5.41) is 0. The number of hydrogen-bond donors (Lipinski definition) is 0. The first kappa shape index (κ1) is 17.2. The van der Waals surface area contributed by atoms with Crippen molar-refractivity contribution < 1.29 is 9.59 Å². The molecule has 0 saturated carbocycles. The van der Waals surface area contributed by atoms with Crippen LogP contribution < -0.4 is 4.90 Å². The highest BCUT2D eigenvalue weighted by atomic mass is 79.9. The minimum atomic E-state index is -0.333. The lowest BCUT2D eigenvalue weighted by Gasteiger charge is -2.45. The fourth-order valence-electron chi connectivity index (χ4n) is 5.78. The average molecular weight is 444 g/mol. The van der Waals surface area contributed by atoms with E-state index in [0.29, 0.717) is 5.69 Å². The lowest BCUT2D eigenvalue weighted by atomic mass is 9.55. The minimum Gasteiger partial charge on any atom is -0.274 e. The van der Waals surface area contributed by atoms with Crippen LogP contribution >= 0.6 is 15.9 Å². The Morgan fingerprint density at radius 2 is 1.17 bits per heavy atom. The quantitative estimate of drug-likeness (QED) is 0.487. The van der Waals surface area contributed by atoms with Crippen molar-refractivity contribution in [3.8, 4) is 0 Å². The number of benzene rings is 3. The Hall–Kier alpha value is -2.72. The maximum Gasteiger partial charge on any atom is 0.238 e. The van der Waals surface area contributed by atoms with Crippen LogP contribution in [0.25, 0.3) is 0 Å². The molecule has 3 nitrogen and oxygen atoms in total. The summed E-state index contributed by atoms with van der Waals surface area (Å²) < 4.78 is 0.940. The van der Waals surface area contributed by atoms with Gasteiger partial charge in [0, 0.05) is 16.3 Å². The Kier molecular flexibility index (Phi) is 3.49. The first-order valence-corrected chi connectivity index (χ1v) is 10.7. The molecule has 2 amide bonds. The summed E-state index contributed by atoms with van der Waals surface area (Å²) in [5.74, 6) is -0.918. The van der Waals surface area contributed by atoms with Crippen LogP contribution in [0.5, 0.6) is 0 Å². The zero-order chi connectivity index (χ0) is 19.9. The minimum absolute atomic E-state index is 0.0606. The van der Waals surface area contributed by atoms with Crippen LogP contribution in [0, 0.1) is 18.8 Å². The molecule has 0 N–H and O–H groups in total. The number of carbonyl (C=O) groups is 2. The fraction of sp³-hybridized carbons (Fsp3) is 0.200. The number of rotatable bonds is 1. The Morgan fingerprint density at radius 1 is 0.724 bits per heavy atom. The van der Waals surface area contributed by atoms with Crippen molar-refractivity contribution in [1.82, 2.24) is 0 Å². The van der Waals surface area contributed by atoms with Gasteiger partial charge in [-0.3, -0.25) is 9.59 Å². The van der Waals surface area contributed by atoms with E-state index >= 15 is 0 Å². The highest BCUT2D eigenvalue weighted by Gasteiger charge is 2.61. The van der Waals surface area contributed by atoms with Gasteiger partial charge in [0.15, 0.2) is 0 Å². The van der Waals surface area contributed by atoms with E-state index < -0.39 is 0 Å². The van der Waals surface area contributed by atoms with Crippen molar-refractivity contribution in [2.45, 2.75) is 18.8 Å². The van der Waals surface area contributed by atoms with E-state index in [4.69, 9.17) is 0 Å². The second-order valence-corrected chi connectivity index (χ2v) is 9.12. The summed E-state index contributed by atoms with van der Waals surface area (Å²) >= 11 is 3.48. The van der Waals surface area contributed by atoms with Gasteiger partial charge in [-0.1, -0.05) is 64.5 Å². The molecule has 4 heteroatoms. The molecule has 1 fully saturated rings. The Morgan fingerprint density at radius 3 is 1.59 bits per heavy atom. The molecule has 7 rings (SSSR count). The van der Waals surface area contributed by atoms with E-state index in [1.54, 1.807) is 0 Å². The largest absolute Gasteiger partial charge is 0.274 e. The SMILES string of the molecule is Cc1cc(Br)ccc1N1C(=O)[C@@H]2C3c4ccccc4C(c4ccccc43)[C@@H]2C1=O. The number of anilines is 1. The molecule has 2 bridgehead atoms. The highest BCUT2D eigenvalue weighted by Crippen LogP contribution is 2.61. The Balaban J connectivity index is 1.57. The van der Waals surface area contributed by atoms with E-state index in [2.05, 4.69) is 40.2 Å². The fourth-order valence-corrected chi connectivity index (χ4v) is 6.26. The maximum absolute atomic E-state index is 13.7. The predicted octanol–water partition coefficient (Wildman–Crippen LogP) is 5.15. The van der Waals surface area contributed by atoms with Crippen molar-refractivity contribution in [2.75, 3.05) is 4.90 Å². The summed E-state index contributed by atoms with van der Waals surface area (Å²) in [6, 6.07) is 22.4. The van der Waals surface area contributed by atoms with Crippen LogP contribution in [0.2, 0.25) is 0 Å². The van der Waals surface area contributed by atoms with Gasteiger partial charge in [-0.2, -0.15) is 0 Å². The van der Waals surface area contributed by atoms with E-state index in [-0.39, 0.29) is 35.5 Å². The molecular weight excluding hydrogens is 426 g/mol. The van der Waals surface area contributed by atoms with Gasteiger partial charge >= 0.3 is 0 Å². The number of aryl methyl sites for hydroxylation is 1. The number of halogens is 1. The maximum atomic E-state index is 13.7. The zero-order valence-electron chi connectivity index (χ0n) is 15.8. The summed E-state index contributed by atoms with van der Waals surface area (Å²) in [6.07, 6.45) is 0. The molecule has 0 unspecified atom stereocenters. The number of nitrogens with zero attached hydrogens (tertiary/aromatic N) is 1. The zero-order valence-corrected chi connectivity index (χ0v) is 17.4. The normalized spacial score (nSPS) is 26.3. The van der Waals surface area contributed by atoms with Crippen LogP contribution in [-0.4, -0.2) is 11.8 Å². The third kappa shape index (κ3) is 2.13. The number of hydrogen-bond acceptors (Lipinski definition) is 2. The third-order valence-electron chi connectivity index (χ3n) is 6.85. The third-order valence-corrected chi connectivity index (χ3v) is 7.34. The summed E-state index contributed by atoms with van der Waals surface area (Å²) in [5.41, 5.74) is 6.43. The van der Waals surface area contributed by atoms with Gasteiger partial charge in [-0.25, -0.2) is 4.90 Å². The summed E-state index contributed by atoms with van der Waals surface area (Å²) in [7, 11) is 0. The molecule has 1 saturated heterocycles. The van der Waals surface area contributed by atoms with E-state index in [0.717, 1.165) is 10.0 Å². The van der Waals surface area contributed by atoms with Gasteiger partial charge in [-0.05, 0) is 52.9 Å². The highest BCUT2D eigenvalue weighted by molar-refractivity contribution is 9.10. The van der Waals surface area contributed by atoms with Gasteiger partial charge in [0.2, 0.25) is 11.8 Å². The number of carbonyl (C=O) groups excluding carboxylic acids is 2. The van der Waals surface area contributed by atoms with Crippen LogP contribution in [0.1, 0.15) is 39.7 Å². The lowest BCUT2D eigenvalue weighted by Crippen LogP contribution is -2.41. The van der Waals surface area contributed by atoms with Crippen molar-refractivity contribution in [1.29, 1.82) is 0 Å². The average Bonchev–Trinajstić information content (AvgIpc) is 2.99. The van der Waals surface area contributed by atoms with Crippen LogP contribution in [0.3, 0.4) is 0 Å². The van der Waals surface area contributed by atoms with Crippen LogP contribution in [-0.2, 0) is 9.59 Å². The van der Waals surface area contributed by atoms with E-state index in [1.807, 2.05) is 49.4 Å². The molecule has 142 valence electrons. The molecule has 1 heterocycles. The van der Waals surface area contributed by atoms with Crippen LogP contribution in [0.4, 0.5) is 5.69 Å². The second kappa shape index (κ2) is 5.90. The van der Waals surface area contributed by atoms with Crippen molar-refractivity contribution >= 4 is 33.4 Å². The molecule has 3 aliphatic carbocycles. The molecule has 2 atom stereocenters. The van der Waals surface area contributed by atoms with E-state index in [1.165, 1.54) is 27.2 Å². The number of amides is 2. The van der Waals surface area contributed by atoms with Crippen molar-refractivity contribution in [3.05, 3.63) is 99.0 Å². The molecule has 3 aromatic carbocycles. The van der Waals surface area contributed by atoms with Crippen LogP contribution in [0.15, 0.2) is 71.2 Å². The molecule has 0 aromatic heterocycles. The van der Waals surface area contributed by atoms with E-state index in [9.17, 15) is 9.59 Å². The Labute approximate surface area is 177 Å². The van der Waals surface area contributed by atoms with Gasteiger partial charge < -0.3 is 0 Å². The first-order chi connectivity index (χ1) is 14.1. The van der Waals surface area contributed by atoms with Gasteiger partial charge in [0.1, 0.15) is 0 Å². The summed E-state index contributed by atoms with van der Waals surface area (Å²) in [4.78, 5) is 28.8. The Bertz CT molecular complexity index is 1100. The molecule has 3 aromatic rings. The predicted molar refractivity (Wildman–Crippen MR) is 115 cm³/mol. The molecule has 0 spiro atoms. The molecule has 29 heavy (non-hydrogen) atoms. The van der Waals surface area contributed by atoms with Gasteiger partial charge in [-0.15, -0.1) is 0 Å². The lowest BCUT2D eigenvalue weighted by molar-refractivity contribution is -0.122. The monoisotopic (exact) mass is 443 g/mol.